The van der Waals surface area contributed by atoms with Gasteiger partial charge < -0.3 is 10.1 Å². The highest BCUT2D eigenvalue weighted by Crippen LogP contribution is 2.26. The predicted molar refractivity (Wildman–Crippen MR) is 78.2 cm³/mol. The van der Waals surface area contributed by atoms with Gasteiger partial charge in [0.15, 0.2) is 0 Å². The fourth-order valence-corrected chi connectivity index (χ4v) is 1.29. The van der Waals surface area contributed by atoms with Gasteiger partial charge in [0.2, 0.25) is 11.8 Å². The maximum absolute atomic E-state index is 12.0. The molecule has 0 saturated heterocycles. The highest BCUT2D eigenvalue weighted by atomic mass is 16.5. The first kappa shape index (κ1) is 15.2. The molecule has 1 aromatic rings. The minimum absolute atomic E-state index is 0.0159. The van der Waals surface area contributed by atoms with Crippen molar-refractivity contribution in [3.05, 3.63) is 24.4 Å². The minimum atomic E-state index is -0.466. The quantitative estimate of drug-likeness (QED) is 0.903. The molecule has 0 fully saturated rings. The average Bonchev–Trinajstić information content (AvgIpc) is 2.29. The van der Waals surface area contributed by atoms with E-state index in [1.165, 1.54) is 0 Å². The third-order valence-corrected chi connectivity index (χ3v) is 2.37. The van der Waals surface area contributed by atoms with Crippen LogP contribution in [-0.2, 0) is 4.79 Å². The molecule has 0 atom stereocenters. The van der Waals surface area contributed by atoms with E-state index in [1.54, 1.807) is 18.2 Å². The van der Waals surface area contributed by atoms with E-state index in [0.29, 0.717) is 17.3 Å². The summed E-state index contributed by atoms with van der Waals surface area (Å²) in [6, 6.07) is 3.57. The third-order valence-electron chi connectivity index (χ3n) is 2.37. The van der Waals surface area contributed by atoms with Gasteiger partial charge in [-0.2, -0.15) is 0 Å². The Morgan fingerprint density at radius 1 is 1.42 bits per heavy atom. The first-order valence-electron chi connectivity index (χ1n) is 6.35. The zero-order valence-electron chi connectivity index (χ0n) is 12.3. The molecular formula is C15H22N2O2. The molecule has 0 radical (unpaired) electrons. The minimum Gasteiger partial charge on any atom is -0.473 e. The van der Waals surface area contributed by atoms with Crippen LogP contribution >= 0.6 is 0 Å². The van der Waals surface area contributed by atoms with Crippen LogP contribution in [0.1, 0.15) is 40.3 Å². The molecule has 0 aliphatic heterocycles. The molecule has 1 aromatic heterocycles. The first-order valence-corrected chi connectivity index (χ1v) is 6.35. The van der Waals surface area contributed by atoms with Crippen LogP contribution in [0.4, 0.5) is 5.69 Å². The number of carbonyl (C=O) groups is 1. The fraction of sp³-hybridized carbons (Fsp3) is 0.467. The standard InChI is InChI=1S/C15H22N2O2/c1-7-11-8-9-12(13(16-11)19-10(2)3)17-14(18)15(4,5)6/h7-10H,1H2,2-6H3,(H,17,18). The van der Waals surface area contributed by atoms with Gasteiger partial charge in [-0.3, -0.25) is 4.79 Å². The van der Waals surface area contributed by atoms with Crippen LogP contribution in [0.2, 0.25) is 0 Å². The van der Waals surface area contributed by atoms with Gasteiger partial charge in [-0.25, -0.2) is 4.98 Å². The maximum Gasteiger partial charge on any atom is 0.238 e. The molecule has 1 rings (SSSR count). The normalized spacial score (nSPS) is 11.3. The summed E-state index contributed by atoms with van der Waals surface area (Å²) in [5, 5.41) is 2.85. The van der Waals surface area contributed by atoms with Crippen molar-refractivity contribution in [1.29, 1.82) is 0 Å². The topological polar surface area (TPSA) is 51.2 Å². The predicted octanol–water partition coefficient (Wildman–Crippen LogP) is 3.50. The van der Waals surface area contributed by atoms with E-state index in [-0.39, 0.29) is 12.0 Å². The van der Waals surface area contributed by atoms with Crippen LogP contribution in [0.3, 0.4) is 0 Å². The zero-order chi connectivity index (χ0) is 14.6. The Morgan fingerprint density at radius 3 is 2.53 bits per heavy atom. The van der Waals surface area contributed by atoms with Gasteiger partial charge >= 0.3 is 0 Å². The van der Waals surface area contributed by atoms with Crippen molar-refractivity contribution in [1.82, 2.24) is 4.98 Å². The number of nitrogens with zero attached hydrogens (tertiary/aromatic N) is 1. The molecule has 0 aliphatic rings. The second-order valence-corrected chi connectivity index (χ2v) is 5.66. The molecule has 4 nitrogen and oxygen atoms in total. The van der Waals surface area contributed by atoms with Crippen molar-refractivity contribution >= 4 is 17.7 Å². The van der Waals surface area contributed by atoms with Crippen molar-refractivity contribution in [2.75, 3.05) is 5.32 Å². The van der Waals surface area contributed by atoms with Crippen molar-refractivity contribution in [3.8, 4) is 5.88 Å². The van der Waals surface area contributed by atoms with Gasteiger partial charge in [-0.15, -0.1) is 0 Å². The van der Waals surface area contributed by atoms with Crippen molar-refractivity contribution in [2.24, 2.45) is 5.41 Å². The lowest BCUT2D eigenvalue weighted by Gasteiger charge is -2.20. The number of aromatic nitrogens is 1. The highest BCUT2D eigenvalue weighted by Gasteiger charge is 2.23. The van der Waals surface area contributed by atoms with E-state index in [2.05, 4.69) is 16.9 Å². The number of amides is 1. The molecule has 0 aliphatic carbocycles. The van der Waals surface area contributed by atoms with Crippen LogP contribution in [-0.4, -0.2) is 17.0 Å². The monoisotopic (exact) mass is 262 g/mol. The number of ether oxygens (including phenoxy) is 1. The Kier molecular flexibility index (Phi) is 4.70. The zero-order valence-corrected chi connectivity index (χ0v) is 12.3. The van der Waals surface area contributed by atoms with Crippen molar-refractivity contribution < 1.29 is 9.53 Å². The summed E-state index contributed by atoms with van der Waals surface area (Å²) in [6.07, 6.45) is 1.63. The lowest BCUT2D eigenvalue weighted by molar-refractivity contribution is -0.123. The Balaban J connectivity index is 3.05. The number of rotatable bonds is 4. The molecule has 0 bridgehead atoms. The van der Waals surface area contributed by atoms with E-state index in [4.69, 9.17) is 4.74 Å². The number of pyridine rings is 1. The summed E-state index contributed by atoms with van der Waals surface area (Å²) in [6.45, 7) is 13.1. The molecule has 1 heterocycles. The third kappa shape index (κ3) is 4.39. The molecule has 4 heteroatoms. The summed E-state index contributed by atoms with van der Waals surface area (Å²) >= 11 is 0. The maximum atomic E-state index is 12.0. The molecule has 0 spiro atoms. The number of carbonyl (C=O) groups excluding carboxylic acids is 1. The van der Waals surface area contributed by atoms with E-state index < -0.39 is 5.41 Å². The Labute approximate surface area is 114 Å². The van der Waals surface area contributed by atoms with Crippen LogP contribution in [0.5, 0.6) is 5.88 Å². The average molecular weight is 262 g/mol. The largest absolute Gasteiger partial charge is 0.473 e. The van der Waals surface area contributed by atoms with Crippen LogP contribution in [0, 0.1) is 5.41 Å². The Hall–Kier alpha value is -1.84. The van der Waals surface area contributed by atoms with Crippen LogP contribution in [0.15, 0.2) is 18.7 Å². The summed E-state index contributed by atoms with van der Waals surface area (Å²) in [5.74, 6) is 0.347. The summed E-state index contributed by atoms with van der Waals surface area (Å²) in [5.41, 5.74) is 0.829. The lowest BCUT2D eigenvalue weighted by atomic mass is 9.95. The SMILES string of the molecule is C=Cc1ccc(NC(=O)C(C)(C)C)c(OC(C)C)n1. The van der Waals surface area contributed by atoms with E-state index in [9.17, 15) is 4.79 Å². The van der Waals surface area contributed by atoms with E-state index >= 15 is 0 Å². The van der Waals surface area contributed by atoms with Gasteiger partial charge in [0.25, 0.3) is 0 Å². The van der Waals surface area contributed by atoms with Crippen molar-refractivity contribution in [2.45, 2.75) is 40.7 Å². The van der Waals surface area contributed by atoms with Crippen LogP contribution in [0.25, 0.3) is 6.08 Å². The molecule has 104 valence electrons. The van der Waals surface area contributed by atoms with E-state index in [1.807, 2.05) is 34.6 Å². The molecule has 0 unspecified atom stereocenters. The van der Waals surface area contributed by atoms with Gasteiger partial charge in [0.05, 0.1) is 11.8 Å². The molecule has 1 N–H and O–H groups in total. The molecule has 1 amide bonds. The number of hydrogen-bond acceptors (Lipinski definition) is 3. The number of nitrogens with one attached hydrogen (secondary N) is 1. The number of anilines is 1. The van der Waals surface area contributed by atoms with Gasteiger partial charge in [0, 0.05) is 5.41 Å². The first-order chi connectivity index (χ1) is 8.74. The van der Waals surface area contributed by atoms with Gasteiger partial charge in [-0.05, 0) is 32.1 Å². The second kappa shape index (κ2) is 5.87. The smallest absolute Gasteiger partial charge is 0.238 e. The molecule has 0 aromatic carbocycles. The van der Waals surface area contributed by atoms with Crippen molar-refractivity contribution in [3.63, 3.8) is 0 Å². The molecule has 19 heavy (non-hydrogen) atoms. The highest BCUT2D eigenvalue weighted by molar-refractivity contribution is 5.95. The Morgan fingerprint density at radius 2 is 2.05 bits per heavy atom. The van der Waals surface area contributed by atoms with Gasteiger partial charge in [-0.1, -0.05) is 27.4 Å². The second-order valence-electron chi connectivity index (χ2n) is 5.66. The lowest BCUT2D eigenvalue weighted by Crippen LogP contribution is -2.28. The summed E-state index contributed by atoms with van der Waals surface area (Å²) in [7, 11) is 0. The van der Waals surface area contributed by atoms with Crippen LogP contribution < -0.4 is 10.1 Å². The number of hydrogen-bond donors (Lipinski definition) is 1. The molecule has 0 saturated carbocycles. The van der Waals surface area contributed by atoms with E-state index in [0.717, 1.165) is 0 Å². The Bertz CT molecular complexity index is 474. The fourth-order valence-electron chi connectivity index (χ4n) is 1.29. The summed E-state index contributed by atoms with van der Waals surface area (Å²) < 4.78 is 5.63. The van der Waals surface area contributed by atoms with Gasteiger partial charge in [0.1, 0.15) is 5.69 Å². The molecular weight excluding hydrogens is 240 g/mol. The summed E-state index contributed by atoms with van der Waals surface area (Å²) in [4.78, 5) is 16.3.